The maximum absolute atomic E-state index is 13.5. The molecule has 1 heterocycles. The van der Waals surface area contributed by atoms with Crippen LogP contribution in [0.25, 0.3) is 0 Å². The lowest BCUT2D eigenvalue weighted by atomic mass is 9.92. The van der Waals surface area contributed by atoms with Gasteiger partial charge in [0.15, 0.2) is 6.29 Å². The van der Waals surface area contributed by atoms with Crippen LogP contribution in [0.15, 0.2) is 30.3 Å². The fourth-order valence-corrected chi connectivity index (χ4v) is 5.25. The Morgan fingerprint density at radius 2 is 1.85 bits per heavy atom. The third-order valence-electron chi connectivity index (χ3n) is 5.44. The van der Waals surface area contributed by atoms with Gasteiger partial charge in [0.2, 0.25) is 0 Å². The first-order chi connectivity index (χ1) is 12.3. The van der Waals surface area contributed by atoms with Gasteiger partial charge in [-0.3, -0.25) is 0 Å². The maximum Gasteiger partial charge on any atom is 0.157 e. The summed E-state index contributed by atoms with van der Waals surface area (Å²) in [5.74, 6) is 0.678. The first kappa shape index (κ1) is 20.2. The van der Waals surface area contributed by atoms with E-state index in [1.807, 2.05) is 45.9 Å². The van der Waals surface area contributed by atoms with Gasteiger partial charge in [0, 0.05) is 17.3 Å². The molecule has 0 radical (unpaired) electrons. The third-order valence-corrected chi connectivity index (χ3v) is 7.29. The highest BCUT2D eigenvalue weighted by Gasteiger charge is 2.49. The average Bonchev–Trinajstić information content (AvgIpc) is 3.42. The van der Waals surface area contributed by atoms with E-state index in [9.17, 15) is 9.66 Å². The molecular weight excluding hydrogens is 346 g/mol. The van der Waals surface area contributed by atoms with E-state index in [-0.39, 0.29) is 22.8 Å². The Hall–Kier alpha value is -0.590. The van der Waals surface area contributed by atoms with Crippen molar-refractivity contribution in [1.82, 2.24) is 4.31 Å². The lowest BCUT2D eigenvalue weighted by molar-refractivity contribution is -0.203. The minimum Gasteiger partial charge on any atom is -0.597 e. The Kier molecular flexibility index (Phi) is 6.35. The van der Waals surface area contributed by atoms with Crippen LogP contribution >= 0.6 is 0 Å². The molecule has 1 aromatic carbocycles. The number of nitrogens with zero attached hydrogens (tertiary/aromatic N) is 1. The Bertz CT molecular complexity index is 572. The highest BCUT2D eigenvalue weighted by atomic mass is 32.2. The summed E-state index contributed by atoms with van der Waals surface area (Å²) < 4.78 is 21.3. The second kappa shape index (κ2) is 8.19. The summed E-state index contributed by atoms with van der Waals surface area (Å²) in [7, 11) is 0. The van der Waals surface area contributed by atoms with E-state index in [4.69, 9.17) is 4.74 Å². The Labute approximate surface area is 161 Å². The minimum absolute atomic E-state index is 0.0521. The number of rotatable bonds is 6. The molecule has 3 rings (SSSR count). The Morgan fingerprint density at radius 1 is 1.19 bits per heavy atom. The molecule has 146 valence electrons. The number of hydrogen-bond donors (Lipinski definition) is 1. The predicted molar refractivity (Wildman–Crippen MR) is 106 cm³/mol. The van der Waals surface area contributed by atoms with E-state index in [2.05, 4.69) is 16.4 Å². The molecule has 4 nitrogen and oxygen atoms in total. The van der Waals surface area contributed by atoms with Gasteiger partial charge < -0.3 is 14.4 Å². The van der Waals surface area contributed by atoms with Gasteiger partial charge in [-0.05, 0) is 57.9 Å². The molecule has 2 fully saturated rings. The summed E-state index contributed by atoms with van der Waals surface area (Å²) in [5, 5.41) is 10.3. The summed E-state index contributed by atoms with van der Waals surface area (Å²) in [6, 6.07) is 10.3. The van der Waals surface area contributed by atoms with Crippen LogP contribution in [-0.2, 0) is 22.6 Å². The largest absolute Gasteiger partial charge is 0.597 e. The summed E-state index contributed by atoms with van der Waals surface area (Å²) in [4.78, 5) is 0. The summed E-state index contributed by atoms with van der Waals surface area (Å²) >= 11 is -1.14. The van der Waals surface area contributed by atoms with E-state index < -0.39 is 17.7 Å². The molecule has 5 atom stereocenters. The van der Waals surface area contributed by atoms with Crippen molar-refractivity contribution in [2.45, 2.75) is 83.1 Å². The van der Waals surface area contributed by atoms with Crippen molar-refractivity contribution in [2.75, 3.05) is 0 Å². The second-order valence-corrected chi connectivity index (χ2v) is 11.1. The molecule has 5 heteroatoms. The van der Waals surface area contributed by atoms with Gasteiger partial charge in [-0.15, -0.1) is 4.31 Å². The fourth-order valence-electron chi connectivity index (χ4n) is 3.75. The van der Waals surface area contributed by atoms with Crippen molar-refractivity contribution in [1.29, 1.82) is 0 Å². The highest BCUT2D eigenvalue weighted by molar-refractivity contribution is 7.90. The normalized spacial score (nSPS) is 29.6. The second-order valence-electron chi connectivity index (χ2n) is 8.87. The standard InChI is InChI=1S/C21H33NO3S/c1-15-10-13-18(25-20(15)23)19(17-11-12-17)22(26(24)21(2,3)4)14-16-8-6-5-7-9-16/h5-9,15,17-20,23H,10-14H2,1-4H3/t15?,18-,19?,20?,26?/m0/s1. The first-order valence-corrected chi connectivity index (χ1v) is 10.9. The van der Waals surface area contributed by atoms with Crippen molar-refractivity contribution in [2.24, 2.45) is 11.8 Å². The van der Waals surface area contributed by atoms with Crippen LogP contribution in [0.1, 0.15) is 58.9 Å². The van der Waals surface area contributed by atoms with Crippen molar-refractivity contribution in [3.05, 3.63) is 35.9 Å². The number of aliphatic hydroxyl groups excluding tert-OH is 1. The minimum atomic E-state index is -1.14. The number of ether oxygens (including phenoxy) is 1. The van der Waals surface area contributed by atoms with Gasteiger partial charge in [-0.2, -0.15) is 0 Å². The fraction of sp³-hybridized carbons (Fsp3) is 0.714. The van der Waals surface area contributed by atoms with Gasteiger partial charge in [0.25, 0.3) is 0 Å². The molecule has 0 amide bonds. The molecule has 0 aromatic heterocycles. The van der Waals surface area contributed by atoms with Gasteiger partial charge in [0.1, 0.15) is 4.75 Å². The van der Waals surface area contributed by atoms with Gasteiger partial charge >= 0.3 is 0 Å². The lowest BCUT2D eigenvalue weighted by Crippen LogP contribution is -2.55. The molecular formula is C21H33NO3S. The lowest BCUT2D eigenvalue weighted by Gasteiger charge is -2.43. The monoisotopic (exact) mass is 379 g/mol. The van der Waals surface area contributed by atoms with Gasteiger partial charge in [-0.1, -0.05) is 37.3 Å². The van der Waals surface area contributed by atoms with Crippen LogP contribution in [-0.4, -0.2) is 37.1 Å². The van der Waals surface area contributed by atoms with Crippen molar-refractivity contribution >= 4 is 11.4 Å². The Balaban J connectivity index is 1.86. The number of aliphatic hydroxyl groups is 1. The Morgan fingerprint density at radius 3 is 2.38 bits per heavy atom. The summed E-state index contributed by atoms with van der Waals surface area (Å²) in [6.45, 7) is 8.77. The molecule has 0 bridgehead atoms. The van der Waals surface area contributed by atoms with Crippen LogP contribution in [0.3, 0.4) is 0 Å². The molecule has 1 aromatic rings. The molecule has 1 saturated heterocycles. The van der Waals surface area contributed by atoms with Crippen molar-refractivity contribution in [3.63, 3.8) is 0 Å². The zero-order valence-corrected chi connectivity index (χ0v) is 17.2. The van der Waals surface area contributed by atoms with Crippen LogP contribution < -0.4 is 0 Å². The molecule has 2 aliphatic rings. The molecule has 4 unspecified atom stereocenters. The van der Waals surface area contributed by atoms with Crippen molar-refractivity contribution < 1.29 is 14.4 Å². The zero-order valence-electron chi connectivity index (χ0n) is 16.4. The summed E-state index contributed by atoms with van der Waals surface area (Å²) in [6.07, 6.45) is 3.42. The molecule has 1 saturated carbocycles. The quantitative estimate of drug-likeness (QED) is 0.763. The smallest absolute Gasteiger partial charge is 0.157 e. The third kappa shape index (κ3) is 4.82. The van der Waals surface area contributed by atoms with E-state index in [1.165, 1.54) is 5.56 Å². The van der Waals surface area contributed by atoms with E-state index in [1.54, 1.807) is 0 Å². The van der Waals surface area contributed by atoms with Gasteiger partial charge in [-0.25, -0.2) is 0 Å². The van der Waals surface area contributed by atoms with Gasteiger partial charge in [0.05, 0.1) is 18.7 Å². The number of benzene rings is 1. The van der Waals surface area contributed by atoms with Crippen LogP contribution in [0.2, 0.25) is 0 Å². The average molecular weight is 380 g/mol. The first-order valence-electron chi connectivity index (χ1n) is 9.83. The summed E-state index contributed by atoms with van der Waals surface area (Å²) in [5.41, 5.74) is 1.17. The molecule has 26 heavy (non-hydrogen) atoms. The van der Waals surface area contributed by atoms with Crippen molar-refractivity contribution in [3.8, 4) is 0 Å². The van der Waals surface area contributed by atoms with E-state index >= 15 is 0 Å². The molecule has 1 N–H and O–H groups in total. The molecule has 1 aliphatic carbocycles. The van der Waals surface area contributed by atoms with E-state index in [0.717, 1.165) is 25.7 Å². The molecule has 1 aliphatic heterocycles. The zero-order chi connectivity index (χ0) is 18.9. The topological polar surface area (TPSA) is 55.8 Å². The van der Waals surface area contributed by atoms with E-state index in [0.29, 0.717) is 12.5 Å². The van der Waals surface area contributed by atoms with Crippen LogP contribution in [0, 0.1) is 11.8 Å². The molecule has 0 spiro atoms. The number of hydrogen-bond acceptors (Lipinski definition) is 4. The van der Waals surface area contributed by atoms with Crippen LogP contribution in [0.5, 0.6) is 0 Å². The predicted octanol–water partition coefficient (Wildman–Crippen LogP) is 3.86. The van der Waals surface area contributed by atoms with Crippen LogP contribution in [0.4, 0.5) is 0 Å². The maximum atomic E-state index is 13.5. The highest BCUT2D eigenvalue weighted by Crippen LogP contribution is 2.43. The SMILES string of the molecule is CC1CC[C@@H](C(C2CC2)N(Cc2ccccc2)[S+]([O-])C(C)(C)C)OC1O.